The second-order valence-corrected chi connectivity index (χ2v) is 6.23. The molecule has 3 rings (SSSR count). The van der Waals surface area contributed by atoms with Crippen LogP contribution >= 0.6 is 0 Å². The molecule has 0 fully saturated rings. The molecule has 0 saturated heterocycles. The first-order valence-electron chi connectivity index (χ1n) is 8.82. The van der Waals surface area contributed by atoms with Crippen molar-refractivity contribution >= 4 is 5.96 Å². The van der Waals surface area contributed by atoms with E-state index in [4.69, 9.17) is 0 Å². The molecule has 0 aliphatic rings. The first-order chi connectivity index (χ1) is 12.7. The fourth-order valence-electron chi connectivity index (χ4n) is 2.83. The van der Waals surface area contributed by atoms with E-state index in [0.717, 1.165) is 12.5 Å². The molecule has 2 N–H and O–H groups in total. The van der Waals surface area contributed by atoms with Crippen molar-refractivity contribution in [2.24, 2.45) is 4.99 Å². The molecule has 1 aromatic heterocycles. The van der Waals surface area contributed by atoms with Crippen molar-refractivity contribution in [2.45, 2.75) is 26.1 Å². The van der Waals surface area contributed by atoms with Crippen LogP contribution in [-0.4, -0.2) is 22.8 Å². The van der Waals surface area contributed by atoms with Crippen molar-refractivity contribution in [1.29, 1.82) is 0 Å². The minimum atomic E-state index is 0.188. The molecule has 0 bridgehead atoms. The highest BCUT2D eigenvalue weighted by molar-refractivity contribution is 5.80. The Balaban J connectivity index is 1.57. The predicted molar refractivity (Wildman–Crippen MR) is 106 cm³/mol. The Kier molecular flexibility index (Phi) is 6.04. The SMILES string of the molecule is CN=C(NCc1cccc(Cn2cccn2)c1)NC(C)c1ccccc1. The number of hydrogen-bond acceptors (Lipinski definition) is 2. The van der Waals surface area contributed by atoms with Gasteiger partial charge in [0.25, 0.3) is 0 Å². The third kappa shape index (κ3) is 4.96. The number of hydrogen-bond donors (Lipinski definition) is 2. The maximum Gasteiger partial charge on any atom is 0.191 e. The summed E-state index contributed by atoms with van der Waals surface area (Å²) in [5.74, 6) is 0.791. The third-order valence-corrected chi connectivity index (χ3v) is 4.23. The average molecular weight is 347 g/mol. The lowest BCUT2D eigenvalue weighted by Crippen LogP contribution is -2.38. The molecule has 0 radical (unpaired) electrons. The van der Waals surface area contributed by atoms with E-state index < -0.39 is 0 Å². The molecular weight excluding hydrogens is 322 g/mol. The highest BCUT2D eigenvalue weighted by Gasteiger charge is 2.07. The summed E-state index contributed by atoms with van der Waals surface area (Å²) in [7, 11) is 1.79. The first kappa shape index (κ1) is 17.7. The number of benzene rings is 2. The number of aromatic nitrogens is 2. The zero-order valence-corrected chi connectivity index (χ0v) is 15.3. The van der Waals surface area contributed by atoms with Crippen LogP contribution < -0.4 is 10.6 Å². The van der Waals surface area contributed by atoms with Gasteiger partial charge in [-0.3, -0.25) is 9.67 Å². The van der Waals surface area contributed by atoms with Crippen LogP contribution in [0.25, 0.3) is 0 Å². The quantitative estimate of drug-likeness (QED) is 0.531. The molecule has 1 atom stereocenters. The van der Waals surface area contributed by atoms with E-state index in [9.17, 15) is 0 Å². The largest absolute Gasteiger partial charge is 0.352 e. The predicted octanol–water partition coefficient (Wildman–Crippen LogP) is 3.36. The van der Waals surface area contributed by atoms with Gasteiger partial charge >= 0.3 is 0 Å². The maximum atomic E-state index is 4.33. The van der Waals surface area contributed by atoms with Crippen LogP contribution in [-0.2, 0) is 13.1 Å². The molecule has 1 unspecified atom stereocenters. The zero-order chi connectivity index (χ0) is 18.2. The van der Waals surface area contributed by atoms with Gasteiger partial charge in [0.2, 0.25) is 0 Å². The van der Waals surface area contributed by atoms with Gasteiger partial charge in [-0.25, -0.2) is 0 Å². The molecule has 0 amide bonds. The van der Waals surface area contributed by atoms with Crippen molar-refractivity contribution in [2.75, 3.05) is 7.05 Å². The van der Waals surface area contributed by atoms with Gasteiger partial charge in [0.15, 0.2) is 5.96 Å². The molecule has 134 valence electrons. The number of aliphatic imine (C=N–C) groups is 1. The summed E-state index contributed by atoms with van der Waals surface area (Å²) in [6.45, 7) is 3.62. The second-order valence-electron chi connectivity index (χ2n) is 6.23. The number of nitrogens with one attached hydrogen (secondary N) is 2. The first-order valence-corrected chi connectivity index (χ1v) is 8.82. The molecule has 0 spiro atoms. The van der Waals surface area contributed by atoms with Gasteiger partial charge < -0.3 is 10.6 Å². The summed E-state index contributed by atoms with van der Waals surface area (Å²) in [6.07, 6.45) is 3.77. The summed E-state index contributed by atoms with van der Waals surface area (Å²) in [5.41, 5.74) is 3.68. The number of guanidine groups is 1. The Morgan fingerprint density at radius 3 is 2.62 bits per heavy atom. The van der Waals surface area contributed by atoms with Crippen LogP contribution in [0.5, 0.6) is 0 Å². The van der Waals surface area contributed by atoms with E-state index in [1.165, 1.54) is 16.7 Å². The highest BCUT2D eigenvalue weighted by atomic mass is 15.3. The van der Waals surface area contributed by atoms with E-state index in [1.807, 2.05) is 23.0 Å². The molecule has 3 aromatic rings. The molecule has 1 heterocycles. The van der Waals surface area contributed by atoms with E-state index in [1.54, 1.807) is 13.2 Å². The number of rotatable bonds is 6. The lowest BCUT2D eigenvalue weighted by Gasteiger charge is -2.18. The Hall–Kier alpha value is -3.08. The average Bonchev–Trinajstić information content (AvgIpc) is 3.19. The van der Waals surface area contributed by atoms with Crippen molar-refractivity contribution in [3.8, 4) is 0 Å². The van der Waals surface area contributed by atoms with E-state index >= 15 is 0 Å². The van der Waals surface area contributed by atoms with E-state index in [2.05, 4.69) is 76.2 Å². The van der Waals surface area contributed by atoms with Crippen LogP contribution in [0.3, 0.4) is 0 Å². The molecule has 5 heteroatoms. The lowest BCUT2D eigenvalue weighted by atomic mass is 10.1. The lowest BCUT2D eigenvalue weighted by molar-refractivity contribution is 0.680. The van der Waals surface area contributed by atoms with Gasteiger partial charge in [0.1, 0.15) is 0 Å². The Labute approximate surface area is 154 Å². The van der Waals surface area contributed by atoms with Crippen LogP contribution in [0, 0.1) is 0 Å². The van der Waals surface area contributed by atoms with Crippen LogP contribution in [0.4, 0.5) is 0 Å². The Morgan fingerprint density at radius 2 is 1.88 bits per heavy atom. The molecular formula is C21H25N5. The highest BCUT2D eigenvalue weighted by Crippen LogP contribution is 2.11. The zero-order valence-electron chi connectivity index (χ0n) is 15.3. The van der Waals surface area contributed by atoms with E-state index in [-0.39, 0.29) is 6.04 Å². The minimum absolute atomic E-state index is 0.188. The van der Waals surface area contributed by atoms with Crippen molar-refractivity contribution in [1.82, 2.24) is 20.4 Å². The topological polar surface area (TPSA) is 54.2 Å². The Morgan fingerprint density at radius 1 is 1.08 bits per heavy atom. The van der Waals surface area contributed by atoms with Crippen LogP contribution in [0.15, 0.2) is 78.0 Å². The minimum Gasteiger partial charge on any atom is -0.352 e. The van der Waals surface area contributed by atoms with Gasteiger partial charge in [0, 0.05) is 26.0 Å². The van der Waals surface area contributed by atoms with Crippen molar-refractivity contribution in [3.05, 3.63) is 89.7 Å². The molecule has 2 aromatic carbocycles. The van der Waals surface area contributed by atoms with Gasteiger partial charge in [-0.2, -0.15) is 5.10 Å². The number of nitrogens with zero attached hydrogens (tertiary/aromatic N) is 3. The molecule has 0 aliphatic heterocycles. The summed E-state index contributed by atoms with van der Waals surface area (Å²) in [6, 6.07) is 21.0. The standard InChI is InChI=1S/C21H25N5/c1-17(20-10-4-3-5-11-20)25-21(22-2)23-15-18-8-6-9-19(14-18)16-26-13-7-12-24-26/h3-14,17H,15-16H2,1-2H3,(H2,22,23,25). The van der Waals surface area contributed by atoms with Gasteiger partial charge in [-0.15, -0.1) is 0 Å². The second kappa shape index (κ2) is 8.85. The molecule has 0 aliphatic carbocycles. The summed E-state index contributed by atoms with van der Waals surface area (Å²) in [5, 5.41) is 11.1. The van der Waals surface area contributed by atoms with Gasteiger partial charge in [-0.05, 0) is 29.7 Å². The summed E-state index contributed by atoms with van der Waals surface area (Å²) in [4.78, 5) is 4.33. The van der Waals surface area contributed by atoms with Crippen LogP contribution in [0.1, 0.15) is 29.7 Å². The molecule has 26 heavy (non-hydrogen) atoms. The smallest absolute Gasteiger partial charge is 0.191 e. The summed E-state index contributed by atoms with van der Waals surface area (Å²) >= 11 is 0. The van der Waals surface area contributed by atoms with Gasteiger partial charge in [-0.1, -0.05) is 54.6 Å². The molecule has 0 saturated carbocycles. The third-order valence-electron chi connectivity index (χ3n) is 4.23. The molecule has 5 nitrogen and oxygen atoms in total. The monoisotopic (exact) mass is 347 g/mol. The Bertz CT molecular complexity index is 825. The summed E-state index contributed by atoms with van der Waals surface area (Å²) < 4.78 is 1.93. The van der Waals surface area contributed by atoms with E-state index in [0.29, 0.717) is 6.54 Å². The van der Waals surface area contributed by atoms with Gasteiger partial charge in [0.05, 0.1) is 12.6 Å². The van der Waals surface area contributed by atoms with Crippen molar-refractivity contribution < 1.29 is 0 Å². The fourth-order valence-corrected chi connectivity index (χ4v) is 2.83. The normalized spacial score (nSPS) is 12.6. The fraction of sp³-hybridized carbons (Fsp3) is 0.238. The van der Waals surface area contributed by atoms with Crippen LogP contribution in [0.2, 0.25) is 0 Å². The van der Waals surface area contributed by atoms with Crippen molar-refractivity contribution in [3.63, 3.8) is 0 Å². The maximum absolute atomic E-state index is 4.33.